The topological polar surface area (TPSA) is 75.6 Å². The molecule has 1 amide bonds. The number of carbonyl (C=O) groups is 2. The molecule has 5 heteroatoms. The van der Waals surface area contributed by atoms with E-state index >= 15 is 0 Å². The third kappa shape index (κ3) is 5.30. The van der Waals surface area contributed by atoms with Crippen LogP contribution in [0.15, 0.2) is 24.3 Å². The van der Waals surface area contributed by atoms with Crippen molar-refractivity contribution in [3.63, 3.8) is 0 Å². The highest BCUT2D eigenvalue weighted by Crippen LogP contribution is 2.19. The second kappa shape index (κ2) is 8.19. The lowest BCUT2D eigenvalue weighted by molar-refractivity contribution is -0.109. The van der Waals surface area contributed by atoms with Gasteiger partial charge in [-0.15, -0.1) is 0 Å². The van der Waals surface area contributed by atoms with Crippen molar-refractivity contribution in [2.24, 2.45) is 0 Å². The van der Waals surface area contributed by atoms with Crippen LogP contribution in [-0.2, 0) is 4.79 Å². The van der Waals surface area contributed by atoms with Gasteiger partial charge in [0.25, 0.3) is 0 Å². The zero-order valence-electron chi connectivity index (χ0n) is 11.8. The number of hydrogen-bond acceptors (Lipinski definition) is 3. The summed E-state index contributed by atoms with van der Waals surface area (Å²) in [5, 5.41) is 10.8. The minimum Gasteiger partial charge on any atom is -0.491 e. The van der Waals surface area contributed by atoms with Gasteiger partial charge in [0.1, 0.15) is 18.1 Å². The number of carboxylic acid groups (broad SMARTS) is 1. The Morgan fingerprint density at radius 1 is 1.40 bits per heavy atom. The Hall–Kier alpha value is -2.04. The van der Waals surface area contributed by atoms with Crippen molar-refractivity contribution in [3.05, 3.63) is 29.8 Å². The number of benzene rings is 1. The zero-order valence-corrected chi connectivity index (χ0v) is 11.8. The molecule has 0 spiro atoms. The third-order valence-corrected chi connectivity index (χ3v) is 2.96. The van der Waals surface area contributed by atoms with Crippen LogP contribution in [0.3, 0.4) is 0 Å². The first-order valence-electron chi connectivity index (χ1n) is 6.78. The van der Waals surface area contributed by atoms with E-state index in [1.807, 2.05) is 6.92 Å². The molecule has 110 valence electrons. The van der Waals surface area contributed by atoms with Crippen molar-refractivity contribution in [2.45, 2.75) is 45.3 Å². The molecule has 1 aromatic rings. The van der Waals surface area contributed by atoms with E-state index in [2.05, 4.69) is 12.2 Å². The fourth-order valence-corrected chi connectivity index (χ4v) is 1.87. The van der Waals surface area contributed by atoms with Crippen LogP contribution in [0.4, 0.5) is 4.79 Å². The van der Waals surface area contributed by atoms with E-state index < -0.39 is 12.1 Å². The van der Waals surface area contributed by atoms with E-state index in [0.29, 0.717) is 11.8 Å². The summed E-state index contributed by atoms with van der Waals surface area (Å²) in [6.45, 7) is 4.15. The van der Waals surface area contributed by atoms with Crippen LogP contribution in [0.1, 0.15) is 44.7 Å². The summed E-state index contributed by atoms with van der Waals surface area (Å²) in [5.41, 5.74) is 0.593. The molecule has 0 bridgehead atoms. The highest BCUT2D eigenvalue weighted by Gasteiger charge is 2.13. The molecule has 0 fully saturated rings. The van der Waals surface area contributed by atoms with Crippen LogP contribution >= 0.6 is 0 Å². The van der Waals surface area contributed by atoms with Crippen molar-refractivity contribution in [1.29, 1.82) is 0 Å². The smallest absolute Gasteiger partial charge is 0.405 e. The maximum Gasteiger partial charge on any atom is 0.405 e. The lowest BCUT2D eigenvalue weighted by Crippen LogP contribution is -2.27. The lowest BCUT2D eigenvalue weighted by Gasteiger charge is -2.15. The fourth-order valence-electron chi connectivity index (χ4n) is 1.87. The summed E-state index contributed by atoms with van der Waals surface area (Å²) in [6.07, 6.45) is 2.73. The summed E-state index contributed by atoms with van der Waals surface area (Å²) in [6, 6.07) is 6.03. The van der Waals surface area contributed by atoms with Crippen LogP contribution in [0, 0.1) is 0 Å². The van der Waals surface area contributed by atoms with Crippen LogP contribution in [0.25, 0.3) is 0 Å². The van der Waals surface area contributed by atoms with Gasteiger partial charge >= 0.3 is 6.09 Å². The number of ether oxygens (including phenoxy) is 1. The molecule has 1 aromatic carbocycles. The van der Waals surface area contributed by atoms with Crippen LogP contribution in [0.5, 0.6) is 5.75 Å². The molecule has 0 aromatic heterocycles. The van der Waals surface area contributed by atoms with Crippen molar-refractivity contribution in [3.8, 4) is 5.75 Å². The van der Waals surface area contributed by atoms with Gasteiger partial charge in [-0.2, -0.15) is 0 Å². The predicted molar refractivity (Wildman–Crippen MR) is 76.0 cm³/mol. The van der Waals surface area contributed by atoms with Crippen molar-refractivity contribution in [2.75, 3.05) is 0 Å². The molecule has 20 heavy (non-hydrogen) atoms. The number of rotatable bonds is 8. The minimum atomic E-state index is -1.23. The summed E-state index contributed by atoms with van der Waals surface area (Å²) in [4.78, 5) is 21.4. The SMILES string of the molecule is CCCCC(C)Oc1ccc(C(C=O)NC(=O)O)cc1. The van der Waals surface area contributed by atoms with Gasteiger partial charge in [-0.25, -0.2) is 4.79 Å². The lowest BCUT2D eigenvalue weighted by atomic mass is 10.1. The largest absolute Gasteiger partial charge is 0.491 e. The Labute approximate surface area is 118 Å². The molecule has 2 N–H and O–H groups in total. The van der Waals surface area contributed by atoms with Crippen LogP contribution < -0.4 is 10.1 Å². The molecule has 0 aliphatic rings. The average Bonchev–Trinajstić information content (AvgIpc) is 2.43. The summed E-state index contributed by atoms with van der Waals surface area (Å²) in [5.74, 6) is 0.720. The molecule has 0 heterocycles. The Balaban J connectivity index is 2.63. The molecule has 0 aliphatic carbocycles. The monoisotopic (exact) mass is 279 g/mol. The van der Waals surface area contributed by atoms with Gasteiger partial charge < -0.3 is 20.0 Å². The minimum absolute atomic E-state index is 0.139. The first-order chi connectivity index (χ1) is 9.56. The van der Waals surface area contributed by atoms with E-state index in [4.69, 9.17) is 9.84 Å². The van der Waals surface area contributed by atoms with Gasteiger partial charge in [-0.3, -0.25) is 0 Å². The molecule has 0 saturated carbocycles. The van der Waals surface area contributed by atoms with E-state index in [1.54, 1.807) is 24.3 Å². The molecular formula is C15H21NO4. The van der Waals surface area contributed by atoms with E-state index in [0.717, 1.165) is 25.0 Å². The first kappa shape index (κ1) is 16.0. The number of aldehydes is 1. The van der Waals surface area contributed by atoms with E-state index in [9.17, 15) is 9.59 Å². The van der Waals surface area contributed by atoms with Gasteiger partial charge in [0.2, 0.25) is 0 Å². The molecule has 0 saturated heterocycles. The van der Waals surface area contributed by atoms with Gasteiger partial charge in [-0.1, -0.05) is 31.9 Å². The summed E-state index contributed by atoms with van der Waals surface area (Å²) < 4.78 is 5.74. The molecule has 5 nitrogen and oxygen atoms in total. The molecule has 0 aliphatic heterocycles. The van der Waals surface area contributed by atoms with Crippen molar-refractivity contribution < 1.29 is 19.4 Å². The normalized spacial score (nSPS) is 13.3. The quantitative estimate of drug-likeness (QED) is 0.717. The summed E-state index contributed by atoms with van der Waals surface area (Å²) in [7, 11) is 0. The second-order valence-corrected chi connectivity index (χ2v) is 4.70. The number of amides is 1. The zero-order chi connectivity index (χ0) is 15.0. The van der Waals surface area contributed by atoms with Crippen molar-refractivity contribution in [1.82, 2.24) is 5.32 Å². The fraction of sp³-hybridized carbons (Fsp3) is 0.467. The standard InChI is InChI=1S/C15H21NO4/c1-3-4-5-11(2)20-13-8-6-12(7-9-13)14(10-17)16-15(18)19/h6-11,14,16H,3-5H2,1-2H3,(H,18,19). The number of nitrogens with one attached hydrogen (secondary N) is 1. The Kier molecular flexibility index (Phi) is 6.56. The Bertz CT molecular complexity index is 430. The maximum absolute atomic E-state index is 10.9. The van der Waals surface area contributed by atoms with Crippen LogP contribution in [0.2, 0.25) is 0 Å². The van der Waals surface area contributed by atoms with E-state index in [1.165, 1.54) is 0 Å². The first-order valence-corrected chi connectivity index (χ1v) is 6.78. The van der Waals surface area contributed by atoms with Crippen LogP contribution in [-0.4, -0.2) is 23.6 Å². The van der Waals surface area contributed by atoms with Gasteiger partial charge in [0.05, 0.1) is 6.10 Å². The highest BCUT2D eigenvalue weighted by atomic mass is 16.5. The number of hydrogen-bond donors (Lipinski definition) is 2. The Morgan fingerprint density at radius 3 is 2.55 bits per heavy atom. The average molecular weight is 279 g/mol. The maximum atomic E-state index is 10.9. The summed E-state index contributed by atoms with van der Waals surface area (Å²) >= 11 is 0. The molecule has 1 rings (SSSR count). The number of carbonyl (C=O) groups excluding carboxylic acids is 1. The van der Waals surface area contributed by atoms with Gasteiger partial charge in [0.15, 0.2) is 0 Å². The molecule has 0 radical (unpaired) electrons. The second-order valence-electron chi connectivity index (χ2n) is 4.70. The van der Waals surface area contributed by atoms with Gasteiger partial charge in [-0.05, 0) is 31.0 Å². The molecule has 2 atom stereocenters. The van der Waals surface area contributed by atoms with Crippen molar-refractivity contribution >= 4 is 12.4 Å². The predicted octanol–water partition coefficient (Wildman–Crippen LogP) is 3.15. The van der Waals surface area contributed by atoms with E-state index in [-0.39, 0.29) is 6.10 Å². The third-order valence-electron chi connectivity index (χ3n) is 2.96. The molecular weight excluding hydrogens is 258 g/mol. The van der Waals surface area contributed by atoms with Gasteiger partial charge in [0, 0.05) is 0 Å². The number of unbranched alkanes of at least 4 members (excludes halogenated alkanes) is 1. The Morgan fingerprint density at radius 2 is 2.05 bits per heavy atom. The molecule has 2 unspecified atom stereocenters. The highest BCUT2D eigenvalue weighted by molar-refractivity contribution is 5.72.